The molecule has 0 heterocycles. The van der Waals surface area contributed by atoms with Crippen molar-refractivity contribution in [1.29, 1.82) is 0 Å². The fourth-order valence-electron chi connectivity index (χ4n) is 2.22. The second-order valence-corrected chi connectivity index (χ2v) is 8.51. The van der Waals surface area contributed by atoms with Gasteiger partial charge in [-0.3, -0.25) is 4.99 Å². The van der Waals surface area contributed by atoms with Crippen LogP contribution in [0.4, 0.5) is 0 Å². The second-order valence-electron chi connectivity index (χ2n) is 5.25. The van der Waals surface area contributed by atoms with Crippen LogP contribution in [0, 0.1) is 0 Å². The molecule has 1 aromatic carbocycles. The van der Waals surface area contributed by atoms with Gasteiger partial charge in [0.15, 0.2) is 5.96 Å². The predicted octanol–water partition coefficient (Wildman–Crippen LogP) is 2.62. The van der Waals surface area contributed by atoms with Crippen molar-refractivity contribution in [2.75, 3.05) is 44.2 Å². The average Bonchev–Trinajstić information content (AvgIpc) is 2.60. The molecule has 0 aliphatic carbocycles. The molecule has 0 unspecified atom stereocenters. The van der Waals surface area contributed by atoms with Crippen LogP contribution in [0.2, 0.25) is 0 Å². The number of thioether (sulfide) groups is 1. The van der Waals surface area contributed by atoms with E-state index in [1.165, 1.54) is 9.20 Å². The van der Waals surface area contributed by atoms with Crippen LogP contribution in [0.1, 0.15) is 20.8 Å². The molecule has 0 saturated carbocycles. The van der Waals surface area contributed by atoms with Crippen molar-refractivity contribution in [3.8, 4) is 0 Å². The van der Waals surface area contributed by atoms with E-state index in [9.17, 15) is 8.42 Å². The van der Waals surface area contributed by atoms with E-state index in [1.54, 1.807) is 11.8 Å². The zero-order valence-electron chi connectivity index (χ0n) is 15.8. The van der Waals surface area contributed by atoms with Crippen molar-refractivity contribution in [3.05, 3.63) is 30.3 Å². The highest BCUT2D eigenvalue weighted by atomic mass is 127. The Balaban J connectivity index is 0.00000625. The number of hydrogen-bond acceptors (Lipinski definition) is 4. The first-order chi connectivity index (χ1) is 12.0. The molecule has 0 aliphatic rings. The predicted molar refractivity (Wildman–Crippen MR) is 123 cm³/mol. The smallest absolute Gasteiger partial charge is 0.215 e. The molecule has 1 aromatic rings. The van der Waals surface area contributed by atoms with Gasteiger partial charge in [-0.05, 0) is 19.1 Å². The number of sulfonamides is 1. The SMILES string of the molecule is CCNC(=NCCS(=O)(=O)N(CC)CC)NCCSc1ccccc1.I. The Morgan fingerprint density at radius 3 is 2.35 bits per heavy atom. The summed E-state index contributed by atoms with van der Waals surface area (Å²) in [5, 5.41) is 6.39. The Labute approximate surface area is 179 Å². The van der Waals surface area contributed by atoms with Crippen molar-refractivity contribution >= 4 is 51.7 Å². The van der Waals surface area contributed by atoms with E-state index in [-0.39, 0.29) is 36.3 Å². The number of hydrogen-bond donors (Lipinski definition) is 2. The Morgan fingerprint density at radius 1 is 1.12 bits per heavy atom. The summed E-state index contributed by atoms with van der Waals surface area (Å²) in [5.74, 6) is 1.60. The first kappa shape index (κ1) is 25.5. The fourth-order valence-corrected chi connectivity index (χ4v) is 4.37. The van der Waals surface area contributed by atoms with Gasteiger partial charge in [-0.15, -0.1) is 35.7 Å². The number of nitrogens with one attached hydrogen (secondary N) is 2. The molecule has 0 fully saturated rings. The van der Waals surface area contributed by atoms with E-state index in [0.717, 1.165) is 18.8 Å². The zero-order chi connectivity index (χ0) is 18.5. The molecule has 0 amide bonds. The van der Waals surface area contributed by atoms with Crippen LogP contribution < -0.4 is 10.6 Å². The third-order valence-electron chi connectivity index (χ3n) is 3.47. The highest BCUT2D eigenvalue weighted by Crippen LogP contribution is 2.15. The van der Waals surface area contributed by atoms with Gasteiger partial charge in [0.2, 0.25) is 10.0 Å². The number of halogens is 1. The van der Waals surface area contributed by atoms with E-state index in [2.05, 4.69) is 27.8 Å². The third-order valence-corrected chi connectivity index (χ3v) is 6.48. The van der Waals surface area contributed by atoms with Gasteiger partial charge in [0.1, 0.15) is 0 Å². The minimum Gasteiger partial charge on any atom is -0.357 e. The number of benzene rings is 1. The van der Waals surface area contributed by atoms with Gasteiger partial charge < -0.3 is 10.6 Å². The van der Waals surface area contributed by atoms with Gasteiger partial charge in [0.25, 0.3) is 0 Å². The summed E-state index contributed by atoms with van der Waals surface area (Å²) >= 11 is 1.77. The minimum absolute atomic E-state index is 0. The summed E-state index contributed by atoms with van der Waals surface area (Å²) in [6.07, 6.45) is 0. The van der Waals surface area contributed by atoms with Crippen LogP contribution in [0.5, 0.6) is 0 Å². The fraction of sp³-hybridized carbons (Fsp3) is 0.588. The largest absolute Gasteiger partial charge is 0.357 e. The van der Waals surface area contributed by atoms with Gasteiger partial charge in [-0.1, -0.05) is 32.0 Å². The van der Waals surface area contributed by atoms with Crippen molar-refractivity contribution in [2.45, 2.75) is 25.7 Å². The molecule has 2 N–H and O–H groups in total. The minimum atomic E-state index is -3.23. The molecule has 0 aromatic heterocycles. The van der Waals surface area contributed by atoms with Crippen molar-refractivity contribution in [2.24, 2.45) is 4.99 Å². The van der Waals surface area contributed by atoms with E-state index < -0.39 is 10.0 Å². The van der Waals surface area contributed by atoms with Crippen molar-refractivity contribution in [3.63, 3.8) is 0 Å². The topological polar surface area (TPSA) is 73.8 Å². The van der Waals surface area contributed by atoms with Crippen LogP contribution in [0.3, 0.4) is 0 Å². The quantitative estimate of drug-likeness (QED) is 0.156. The molecule has 1 rings (SSSR count). The van der Waals surface area contributed by atoms with Crippen LogP contribution in [0.25, 0.3) is 0 Å². The van der Waals surface area contributed by atoms with Crippen molar-refractivity contribution < 1.29 is 8.42 Å². The van der Waals surface area contributed by atoms with E-state index >= 15 is 0 Å². The summed E-state index contributed by atoms with van der Waals surface area (Å²) in [6, 6.07) is 10.2. The van der Waals surface area contributed by atoms with E-state index in [1.807, 2.05) is 39.0 Å². The molecular weight excluding hydrogens is 483 g/mol. The van der Waals surface area contributed by atoms with Gasteiger partial charge in [-0.2, -0.15) is 0 Å². The molecule has 0 radical (unpaired) electrons. The summed E-state index contributed by atoms with van der Waals surface area (Å²) in [7, 11) is -3.23. The molecule has 0 spiro atoms. The zero-order valence-corrected chi connectivity index (χ0v) is 19.7. The maximum absolute atomic E-state index is 12.2. The lowest BCUT2D eigenvalue weighted by Gasteiger charge is -2.17. The Hall–Kier alpha value is -0.520. The molecule has 0 atom stereocenters. The van der Waals surface area contributed by atoms with E-state index in [0.29, 0.717) is 19.0 Å². The van der Waals surface area contributed by atoms with Gasteiger partial charge in [0.05, 0.1) is 12.3 Å². The Kier molecular flexibility index (Phi) is 14.2. The van der Waals surface area contributed by atoms with Gasteiger partial charge >= 0.3 is 0 Å². The van der Waals surface area contributed by atoms with Gasteiger partial charge in [0, 0.05) is 36.8 Å². The number of aliphatic imine (C=N–C) groups is 1. The molecule has 0 bridgehead atoms. The third kappa shape index (κ3) is 9.98. The summed E-state index contributed by atoms with van der Waals surface area (Å²) in [6.45, 7) is 8.42. The first-order valence-corrected chi connectivity index (χ1v) is 11.3. The summed E-state index contributed by atoms with van der Waals surface area (Å²) in [4.78, 5) is 5.61. The normalized spacial score (nSPS) is 11.9. The molecule has 26 heavy (non-hydrogen) atoms. The average molecular weight is 514 g/mol. The number of rotatable bonds is 11. The Bertz CT molecular complexity index is 608. The highest BCUT2D eigenvalue weighted by molar-refractivity contribution is 14.0. The lowest BCUT2D eigenvalue weighted by atomic mass is 10.4. The molecule has 0 saturated heterocycles. The molecule has 9 heteroatoms. The van der Waals surface area contributed by atoms with Crippen LogP contribution in [-0.4, -0.2) is 62.9 Å². The summed E-state index contributed by atoms with van der Waals surface area (Å²) < 4.78 is 25.8. The second kappa shape index (κ2) is 14.5. The molecule has 150 valence electrons. The monoisotopic (exact) mass is 514 g/mol. The Morgan fingerprint density at radius 2 is 1.77 bits per heavy atom. The number of guanidine groups is 1. The lowest BCUT2D eigenvalue weighted by molar-refractivity contribution is 0.445. The summed E-state index contributed by atoms with van der Waals surface area (Å²) in [5.41, 5.74) is 0. The lowest BCUT2D eigenvalue weighted by Crippen LogP contribution is -2.39. The molecule has 0 aliphatic heterocycles. The van der Waals surface area contributed by atoms with E-state index in [4.69, 9.17) is 0 Å². The first-order valence-electron chi connectivity index (χ1n) is 8.71. The maximum Gasteiger partial charge on any atom is 0.215 e. The van der Waals surface area contributed by atoms with Crippen LogP contribution >= 0.6 is 35.7 Å². The van der Waals surface area contributed by atoms with Crippen molar-refractivity contribution in [1.82, 2.24) is 14.9 Å². The van der Waals surface area contributed by atoms with Crippen LogP contribution in [-0.2, 0) is 10.0 Å². The molecular formula is C17H31IN4O2S2. The van der Waals surface area contributed by atoms with Gasteiger partial charge in [-0.25, -0.2) is 12.7 Å². The standard InChI is InChI=1S/C17H30N4O2S2.HI/c1-4-18-17(19-12-14-24-16-10-8-7-9-11-16)20-13-15-25(22,23)21(5-2)6-3;/h7-11H,4-6,12-15H2,1-3H3,(H2,18,19,20);1H. The maximum atomic E-state index is 12.2. The number of nitrogens with zero attached hydrogens (tertiary/aromatic N) is 2. The molecule has 6 nitrogen and oxygen atoms in total. The highest BCUT2D eigenvalue weighted by Gasteiger charge is 2.17. The van der Waals surface area contributed by atoms with Crippen LogP contribution in [0.15, 0.2) is 40.2 Å².